The Balaban J connectivity index is 1.09. The van der Waals surface area contributed by atoms with Crippen LogP contribution in [0.3, 0.4) is 0 Å². The summed E-state index contributed by atoms with van der Waals surface area (Å²) in [6, 6.07) is 41.7. The number of carbonyl (C=O) groups excluding carboxylic acids is 1. The largest absolute Gasteiger partial charge is 0.324 e. The summed E-state index contributed by atoms with van der Waals surface area (Å²) in [5.41, 5.74) is 13.2. The van der Waals surface area contributed by atoms with Gasteiger partial charge in [-0.1, -0.05) is 121 Å². The van der Waals surface area contributed by atoms with Gasteiger partial charge in [0.2, 0.25) is 0 Å². The van der Waals surface area contributed by atoms with Gasteiger partial charge in [0.05, 0.1) is 0 Å². The minimum absolute atomic E-state index is 0.137. The van der Waals surface area contributed by atoms with Crippen LogP contribution in [0.5, 0.6) is 0 Å². The number of hydrogen-bond donors (Lipinski definition) is 1. The molecule has 0 bridgehead atoms. The van der Waals surface area contributed by atoms with Gasteiger partial charge in [-0.15, -0.1) is 0 Å². The molecule has 2 nitrogen and oxygen atoms in total. The van der Waals surface area contributed by atoms with Gasteiger partial charge in [-0.25, -0.2) is 0 Å². The van der Waals surface area contributed by atoms with E-state index in [9.17, 15) is 4.79 Å². The quantitative estimate of drug-likeness (QED) is 0.254. The Kier molecular flexibility index (Phi) is 5.75. The smallest absolute Gasteiger partial charge is 0.167 e. The third kappa shape index (κ3) is 4.60. The van der Waals surface area contributed by atoms with Crippen LogP contribution in [0.25, 0.3) is 21.9 Å². The third-order valence-electron chi connectivity index (χ3n) is 7.53. The SMILES string of the molecule is N[C@]1(Cc2ccc3ccccc3c2)C[C@H]1c1ccc(CC(=O)c2ccc(-c3ccccc3)cc2)cc1. The zero-order valence-corrected chi connectivity index (χ0v) is 20.2. The predicted molar refractivity (Wildman–Crippen MR) is 148 cm³/mol. The molecule has 2 atom stereocenters. The first-order chi connectivity index (χ1) is 17.6. The number of ketones is 1. The van der Waals surface area contributed by atoms with E-state index >= 15 is 0 Å². The van der Waals surface area contributed by atoms with Gasteiger partial charge in [0.25, 0.3) is 0 Å². The molecule has 176 valence electrons. The van der Waals surface area contributed by atoms with Crippen LogP contribution in [-0.2, 0) is 12.8 Å². The van der Waals surface area contributed by atoms with E-state index in [4.69, 9.17) is 5.73 Å². The number of rotatable bonds is 7. The first kappa shape index (κ1) is 22.5. The summed E-state index contributed by atoms with van der Waals surface area (Å²) >= 11 is 0. The van der Waals surface area contributed by atoms with Gasteiger partial charge in [0.1, 0.15) is 0 Å². The minimum atomic E-state index is -0.194. The van der Waals surface area contributed by atoms with E-state index in [0.717, 1.165) is 35.1 Å². The lowest BCUT2D eigenvalue weighted by molar-refractivity contribution is 0.0993. The molecule has 1 aliphatic carbocycles. The highest BCUT2D eigenvalue weighted by Gasteiger charge is 2.51. The van der Waals surface area contributed by atoms with E-state index in [2.05, 4.69) is 78.9 Å². The molecule has 5 aromatic rings. The number of carbonyl (C=O) groups is 1. The van der Waals surface area contributed by atoms with Crippen LogP contribution < -0.4 is 5.73 Å². The van der Waals surface area contributed by atoms with Crippen LogP contribution in [0.4, 0.5) is 0 Å². The molecule has 0 amide bonds. The maximum Gasteiger partial charge on any atom is 0.167 e. The van der Waals surface area contributed by atoms with Crippen molar-refractivity contribution >= 4 is 16.6 Å². The molecule has 0 radical (unpaired) electrons. The lowest BCUT2D eigenvalue weighted by atomic mass is 9.96. The molecule has 0 saturated heterocycles. The van der Waals surface area contributed by atoms with Crippen LogP contribution in [0.1, 0.15) is 39.4 Å². The van der Waals surface area contributed by atoms with Gasteiger partial charge in [-0.3, -0.25) is 4.79 Å². The highest BCUT2D eigenvalue weighted by atomic mass is 16.1. The highest BCUT2D eigenvalue weighted by molar-refractivity contribution is 5.98. The fourth-order valence-corrected chi connectivity index (χ4v) is 5.33. The van der Waals surface area contributed by atoms with Crippen LogP contribution >= 0.6 is 0 Å². The summed E-state index contributed by atoms with van der Waals surface area (Å²) in [5.74, 6) is 0.498. The molecule has 1 aliphatic rings. The first-order valence-electron chi connectivity index (χ1n) is 12.6. The average Bonchev–Trinajstić information content (AvgIpc) is 3.59. The van der Waals surface area contributed by atoms with Crippen molar-refractivity contribution in [3.63, 3.8) is 0 Å². The number of nitrogens with two attached hydrogens (primary N) is 1. The molecule has 1 fully saturated rings. The molecule has 1 saturated carbocycles. The molecule has 0 aliphatic heterocycles. The van der Waals surface area contributed by atoms with Crippen LogP contribution in [0, 0.1) is 0 Å². The van der Waals surface area contributed by atoms with Crippen LogP contribution in [-0.4, -0.2) is 11.3 Å². The Morgan fingerprint density at radius 2 is 1.33 bits per heavy atom. The molecular weight excluding hydrogens is 438 g/mol. The van der Waals surface area contributed by atoms with E-state index in [1.54, 1.807) is 0 Å². The van der Waals surface area contributed by atoms with Gasteiger partial charge >= 0.3 is 0 Å². The zero-order valence-electron chi connectivity index (χ0n) is 20.2. The van der Waals surface area contributed by atoms with Crippen molar-refractivity contribution in [2.45, 2.75) is 30.7 Å². The third-order valence-corrected chi connectivity index (χ3v) is 7.53. The lowest BCUT2D eigenvalue weighted by Crippen LogP contribution is -2.27. The molecule has 0 heterocycles. The summed E-state index contributed by atoms with van der Waals surface area (Å²) in [4.78, 5) is 12.9. The van der Waals surface area contributed by atoms with Crippen molar-refractivity contribution in [1.29, 1.82) is 0 Å². The van der Waals surface area contributed by atoms with E-state index in [0.29, 0.717) is 12.3 Å². The van der Waals surface area contributed by atoms with Gasteiger partial charge in [0.15, 0.2) is 5.78 Å². The minimum Gasteiger partial charge on any atom is -0.324 e. The number of hydrogen-bond acceptors (Lipinski definition) is 2. The average molecular weight is 468 g/mol. The number of benzene rings is 5. The molecule has 36 heavy (non-hydrogen) atoms. The van der Waals surface area contributed by atoms with Crippen molar-refractivity contribution in [2.75, 3.05) is 0 Å². The topological polar surface area (TPSA) is 43.1 Å². The molecular formula is C34H29NO. The second kappa shape index (κ2) is 9.22. The van der Waals surface area contributed by atoms with E-state index in [1.807, 2.05) is 42.5 Å². The molecule has 0 unspecified atom stereocenters. The molecule has 0 aromatic heterocycles. The van der Waals surface area contributed by atoms with Gasteiger partial charge < -0.3 is 5.73 Å². The van der Waals surface area contributed by atoms with E-state index in [-0.39, 0.29) is 11.3 Å². The van der Waals surface area contributed by atoms with Crippen LogP contribution in [0.15, 0.2) is 121 Å². The molecule has 0 spiro atoms. The monoisotopic (exact) mass is 467 g/mol. The van der Waals surface area contributed by atoms with E-state index < -0.39 is 0 Å². The second-order valence-electron chi connectivity index (χ2n) is 10.1. The summed E-state index contributed by atoms with van der Waals surface area (Å²) in [6.07, 6.45) is 2.27. The molecule has 2 heteroatoms. The fourth-order valence-electron chi connectivity index (χ4n) is 5.33. The van der Waals surface area contributed by atoms with Gasteiger partial charge in [-0.2, -0.15) is 0 Å². The highest BCUT2D eigenvalue weighted by Crippen LogP contribution is 2.51. The standard InChI is InChI=1S/C34H29NO/c35-34(22-25-12-13-27-8-4-5-9-31(27)20-25)23-32(34)29-14-10-24(11-15-29)21-33(36)30-18-16-28(17-19-30)26-6-2-1-3-7-26/h1-20,32H,21-23,35H2/t32-,34+/m0/s1. The summed E-state index contributed by atoms with van der Waals surface area (Å²) < 4.78 is 0. The van der Waals surface area contributed by atoms with Crippen molar-refractivity contribution < 1.29 is 4.79 Å². The van der Waals surface area contributed by atoms with Crippen molar-refractivity contribution in [3.8, 4) is 11.1 Å². The Hall–Kier alpha value is -4.01. The maximum absolute atomic E-state index is 12.9. The van der Waals surface area contributed by atoms with Crippen molar-refractivity contribution in [1.82, 2.24) is 0 Å². The maximum atomic E-state index is 12.9. The Morgan fingerprint density at radius 3 is 2.08 bits per heavy atom. The molecule has 5 aromatic carbocycles. The Labute approximate surface area is 212 Å². The summed E-state index contributed by atoms with van der Waals surface area (Å²) in [5, 5.41) is 2.52. The Bertz CT molecular complexity index is 1520. The molecule has 6 rings (SSSR count). The number of Topliss-reactive ketones (excluding diaryl/α,β-unsaturated/α-hetero) is 1. The van der Waals surface area contributed by atoms with E-state index in [1.165, 1.54) is 21.9 Å². The first-order valence-corrected chi connectivity index (χ1v) is 12.6. The number of fused-ring (bicyclic) bond motifs is 1. The zero-order chi connectivity index (χ0) is 24.5. The predicted octanol–water partition coefficient (Wildman–Crippen LogP) is 7.36. The Morgan fingerprint density at radius 1 is 0.694 bits per heavy atom. The summed E-state index contributed by atoms with van der Waals surface area (Å²) in [6.45, 7) is 0. The fraction of sp³-hybridized carbons (Fsp3) is 0.147. The molecule has 2 N–H and O–H groups in total. The normalized spacial score (nSPS) is 18.8. The lowest BCUT2D eigenvalue weighted by Gasteiger charge is -2.13. The second-order valence-corrected chi connectivity index (χ2v) is 10.1. The van der Waals surface area contributed by atoms with Crippen LogP contribution in [0.2, 0.25) is 0 Å². The summed E-state index contributed by atoms with van der Waals surface area (Å²) in [7, 11) is 0. The van der Waals surface area contributed by atoms with Crippen molar-refractivity contribution in [3.05, 3.63) is 144 Å². The van der Waals surface area contributed by atoms with Gasteiger partial charge in [0, 0.05) is 23.4 Å². The van der Waals surface area contributed by atoms with Gasteiger partial charge in [-0.05, 0) is 51.4 Å². The van der Waals surface area contributed by atoms with Crippen molar-refractivity contribution in [2.24, 2.45) is 5.73 Å².